The first-order valence-electron chi connectivity index (χ1n) is 13.5. The Morgan fingerprint density at radius 3 is 2.28 bits per heavy atom. The van der Waals surface area contributed by atoms with Gasteiger partial charge in [0.2, 0.25) is 0 Å². The van der Waals surface area contributed by atoms with E-state index in [4.69, 9.17) is 11.6 Å². The summed E-state index contributed by atoms with van der Waals surface area (Å²) >= 11 is 7.83. The molecule has 2 aromatic carbocycles. The van der Waals surface area contributed by atoms with E-state index in [0.29, 0.717) is 43.0 Å². The first-order valence-corrected chi connectivity index (χ1v) is 14.7. The van der Waals surface area contributed by atoms with E-state index in [1.807, 2.05) is 44.2 Å². The highest BCUT2D eigenvalue weighted by molar-refractivity contribution is 7.10. The van der Waals surface area contributed by atoms with Crippen LogP contribution in [0.5, 0.6) is 0 Å². The lowest BCUT2D eigenvalue weighted by atomic mass is 10.1. The highest BCUT2D eigenvalue weighted by atomic mass is 35.5. The lowest BCUT2D eigenvalue weighted by Gasteiger charge is -2.37. The number of nitrogens with zero attached hydrogens (tertiary/aromatic N) is 2. The van der Waals surface area contributed by atoms with E-state index in [9.17, 15) is 19.8 Å². The summed E-state index contributed by atoms with van der Waals surface area (Å²) in [6, 6.07) is 20.1. The molecule has 2 unspecified atom stereocenters. The van der Waals surface area contributed by atoms with Gasteiger partial charge < -0.3 is 25.3 Å². The molecule has 1 aliphatic heterocycles. The average Bonchev–Trinajstić information content (AvgIpc) is 3.65. The molecule has 3 aromatic rings. The van der Waals surface area contributed by atoms with Gasteiger partial charge in [0, 0.05) is 31.1 Å². The Morgan fingerprint density at radius 1 is 0.949 bits per heavy atom. The standard InChI is InChI=1S/C28H30ClN3O4S.C2H6/c29-23-8-4-5-9-24(23)31-10-12-32(13-11-31)28(36)26(34)25(33)27(35)30-16-20-14-19(17-37-20)22-15-21(22)18-6-2-1-3-7-18;1-2/h1-9,14,17,21-22,25-26,33-34H,10-13,15-16H2,(H,30,35);1-2H3/t21?,22?,25-,26-;/m1./s1. The second-order valence-corrected chi connectivity index (χ2v) is 11.0. The smallest absolute Gasteiger partial charge is 0.254 e. The number of thiophene rings is 1. The fourth-order valence-corrected chi connectivity index (χ4v) is 6.08. The van der Waals surface area contributed by atoms with Gasteiger partial charge in [-0.3, -0.25) is 9.59 Å². The zero-order valence-corrected chi connectivity index (χ0v) is 23.9. The Bertz CT molecular complexity index is 1250. The Morgan fingerprint density at radius 2 is 1.59 bits per heavy atom. The van der Waals surface area contributed by atoms with Gasteiger partial charge in [0.15, 0.2) is 12.2 Å². The van der Waals surface area contributed by atoms with Gasteiger partial charge >= 0.3 is 0 Å². The molecule has 2 amide bonds. The van der Waals surface area contributed by atoms with Crippen molar-refractivity contribution in [1.82, 2.24) is 10.2 Å². The van der Waals surface area contributed by atoms with Gasteiger partial charge in [-0.25, -0.2) is 0 Å². The SMILES string of the molecule is CC.O=C(NCc1cc(C2CC2c2ccccc2)cs1)[C@H](O)[C@@H](O)C(=O)N1CCN(c2ccccc2Cl)CC1. The molecule has 208 valence electrons. The molecule has 2 aliphatic rings. The largest absolute Gasteiger partial charge is 0.380 e. The molecule has 0 spiro atoms. The van der Waals surface area contributed by atoms with E-state index in [1.54, 1.807) is 11.3 Å². The van der Waals surface area contributed by atoms with Gasteiger partial charge in [0.1, 0.15) is 0 Å². The van der Waals surface area contributed by atoms with E-state index < -0.39 is 24.0 Å². The number of nitrogens with one attached hydrogen (secondary N) is 1. The van der Waals surface area contributed by atoms with Crippen molar-refractivity contribution in [2.45, 2.75) is 50.9 Å². The minimum atomic E-state index is -1.83. The lowest BCUT2D eigenvalue weighted by molar-refractivity contribution is -0.153. The summed E-state index contributed by atoms with van der Waals surface area (Å²) in [5, 5.41) is 26.2. The third-order valence-electron chi connectivity index (χ3n) is 7.16. The van der Waals surface area contributed by atoms with Crippen molar-refractivity contribution in [2.24, 2.45) is 0 Å². The molecule has 2 fully saturated rings. The summed E-state index contributed by atoms with van der Waals surface area (Å²) in [5.74, 6) is -0.390. The Balaban J connectivity index is 0.00000172. The summed E-state index contributed by atoms with van der Waals surface area (Å²) in [7, 11) is 0. The molecule has 2 heterocycles. The quantitative estimate of drug-likeness (QED) is 0.374. The van der Waals surface area contributed by atoms with Gasteiger partial charge in [-0.15, -0.1) is 11.3 Å². The number of amides is 2. The van der Waals surface area contributed by atoms with Crippen LogP contribution in [-0.4, -0.2) is 65.3 Å². The molecular weight excluding hydrogens is 534 g/mol. The number of hydrogen-bond acceptors (Lipinski definition) is 6. The average molecular weight is 570 g/mol. The number of para-hydroxylation sites is 1. The summed E-state index contributed by atoms with van der Waals surface area (Å²) in [6.45, 7) is 6.03. The van der Waals surface area contributed by atoms with Crippen LogP contribution in [-0.2, 0) is 16.1 Å². The van der Waals surface area contributed by atoms with E-state index in [1.165, 1.54) is 16.0 Å². The van der Waals surface area contributed by atoms with Crippen molar-refractivity contribution in [3.05, 3.63) is 87.1 Å². The third-order valence-corrected chi connectivity index (χ3v) is 8.44. The first-order chi connectivity index (χ1) is 18.9. The molecule has 5 rings (SSSR count). The number of halogens is 1. The normalized spacial score (nSPS) is 19.9. The second kappa shape index (κ2) is 13.4. The fraction of sp³-hybridized carbons (Fsp3) is 0.400. The predicted octanol–water partition coefficient (Wildman–Crippen LogP) is 4.39. The minimum Gasteiger partial charge on any atom is -0.380 e. The van der Waals surface area contributed by atoms with Crippen molar-refractivity contribution in [2.75, 3.05) is 31.1 Å². The molecular formula is C30H36ClN3O4S. The highest BCUT2D eigenvalue weighted by Gasteiger charge is 2.40. The van der Waals surface area contributed by atoms with Crippen LogP contribution in [0.2, 0.25) is 5.02 Å². The molecule has 7 nitrogen and oxygen atoms in total. The number of anilines is 1. The number of aliphatic hydroxyl groups is 2. The van der Waals surface area contributed by atoms with E-state index in [2.05, 4.69) is 45.9 Å². The molecule has 1 saturated carbocycles. The topological polar surface area (TPSA) is 93.1 Å². The molecule has 0 bridgehead atoms. The molecule has 1 aliphatic carbocycles. The van der Waals surface area contributed by atoms with Crippen molar-refractivity contribution in [3.63, 3.8) is 0 Å². The van der Waals surface area contributed by atoms with Crippen LogP contribution in [0.4, 0.5) is 5.69 Å². The molecule has 39 heavy (non-hydrogen) atoms. The van der Waals surface area contributed by atoms with Gasteiger partial charge in [-0.05, 0) is 53.0 Å². The van der Waals surface area contributed by atoms with Gasteiger partial charge in [-0.1, -0.05) is 67.9 Å². The maximum atomic E-state index is 12.8. The molecule has 4 atom stereocenters. The first kappa shape index (κ1) is 29.1. The molecule has 0 radical (unpaired) electrons. The number of carbonyl (C=O) groups excluding carboxylic acids is 2. The second-order valence-electron chi connectivity index (χ2n) is 9.58. The number of aliphatic hydroxyl groups excluding tert-OH is 2. The van der Waals surface area contributed by atoms with Crippen LogP contribution in [0.1, 0.15) is 48.1 Å². The zero-order valence-electron chi connectivity index (χ0n) is 22.3. The number of carbonyl (C=O) groups is 2. The van der Waals surface area contributed by atoms with Gasteiger partial charge in [0.05, 0.1) is 17.3 Å². The number of rotatable bonds is 8. The Kier molecular flexibility index (Phi) is 10.0. The van der Waals surface area contributed by atoms with Crippen LogP contribution >= 0.6 is 22.9 Å². The summed E-state index contributed by atoms with van der Waals surface area (Å²) in [5.41, 5.74) is 3.50. The van der Waals surface area contributed by atoms with Crippen LogP contribution in [0.15, 0.2) is 66.0 Å². The van der Waals surface area contributed by atoms with E-state index in [0.717, 1.165) is 17.0 Å². The van der Waals surface area contributed by atoms with Crippen LogP contribution < -0.4 is 10.2 Å². The third kappa shape index (κ3) is 7.00. The van der Waals surface area contributed by atoms with Gasteiger partial charge in [0.25, 0.3) is 11.8 Å². The van der Waals surface area contributed by atoms with E-state index in [-0.39, 0.29) is 6.54 Å². The monoisotopic (exact) mass is 569 g/mol. The zero-order chi connectivity index (χ0) is 27.9. The predicted molar refractivity (Wildman–Crippen MR) is 156 cm³/mol. The number of hydrogen-bond donors (Lipinski definition) is 3. The molecule has 3 N–H and O–H groups in total. The Hall–Kier alpha value is -2.91. The maximum absolute atomic E-state index is 12.8. The lowest BCUT2D eigenvalue weighted by Crippen LogP contribution is -2.55. The molecule has 1 aromatic heterocycles. The minimum absolute atomic E-state index is 0.237. The van der Waals surface area contributed by atoms with E-state index >= 15 is 0 Å². The number of benzene rings is 2. The summed E-state index contributed by atoms with van der Waals surface area (Å²) in [4.78, 5) is 29.8. The Labute approximate surface area is 239 Å². The van der Waals surface area contributed by atoms with Gasteiger partial charge in [-0.2, -0.15) is 0 Å². The van der Waals surface area contributed by atoms with Crippen molar-refractivity contribution < 1.29 is 19.8 Å². The molecule has 9 heteroatoms. The fourth-order valence-electron chi connectivity index (χ4n) is 4.94. The molecule has 1 saturated heterocycles. The summed E-state index contributed by atoms with van der Waals surface area (Å²) < 4.78 is 0. The van der Waals surface area contributed by atoms with Crippen LogP contribution in [0.3, 0.4) is 0 Å². The van der Waals surface area contributed by atoms with Crippen molar-refractivity contribution >= 4 is 40.4 Å². The maximum Gasteiger partial charge on any atom is 0.254 e. The summed E-state index contributed by atoms with van der Waals surface area (Å²) in [6.07, 6.45) is -2.53. The van der Waals surface area contributed by atoms with Crippen LogP contribution in [0.25, 0.3) is 0 Å². The van der Waals surface area contributed by atoms with Crippen LogP contribution in [0, 0.1) is 0 Å². The van der Waals surface area contributed by atoms with Crippen molar-refractivity contribution in [3.8, 4) is 0 Å². The highest BCUT2D eigenvalue weighted by Crippen LogP contribution is 2.55. The number of piperazine rings is 1. The van der Waals surface area contributed by atoms with Crippen molar-refractivity contribution in [1.29, 1.82) is 0 Å².